The van der Waals surface area contributed by atoms with Gasteiger partial charge in [-0.3, -0.25) is 0 Å². The fraction of sp³-hybridized carbons (Fsp3) is 0.500. The third-order valence-electron chi connectivity index (χ3n) is 3.69. The van der Waals surface area contributed by atoms with Crippen LogP contribution in [0.1, 0.15) is 44.5 Å². The molecule has 0 aliphatic heterocycles. The maximum atomic E-state index is 4.95. The number of anilines is 1. The maximum Gasteiger partial charge on any atom is 0.0988 e. The fourth-order valence-electron chi connectivity index (χ4n) is 2.21. The second kappa shape index (κ2) is 6.18. The molecule has 0 saturated heterocycles. The molecular weight excluding hydrogens is 276 g/mol. The first kappa shape index (κ1) is 16.0. The molecule has 0 saturated carbocycles. The minimum Gasteiger partial charge on any atom is -0.375 e. The molecule has 1 heterocycles. The van der Waals surface area contributed by atoms with Crippen LogP contribution in [0.15, 0.2) is 24.3 Å². The van der Waals surface area contributed by atoms with Crippen LogP contribution in [-0.2, 0) is 11.8 Å². The number of aromatic nitrogens is 1. The van der Waals surface area contributed by atoms with Gasteiger partial charge in [-0.15, -0.1) is 11.3 Å². The number of benzene rings is 1. The maximum absolute atomic E-state index is 4.95. The molecule has 0 fully saturated rings. The molecule has 114 valence electrons. The molecule has 0 aliphatic carbocycles. The highest BCUT2D eigenvalue weighted by molar-refractivity contribution is 7.12. The van der Waals surface area contributed by atoms with Gasteiger partial charge >= 0.3 is 0 Å². The normalized spacial score (nSPS) is 11.7. The predicted molar refractivity (Wildman–Crippen MR) is 94.6 cm³/mol. The molecule has 0 spiro atoms. The summed E-state index contributed by atoms with van der Waals surface area (Å²) in [5.74, 6) is 0. The lowest BCUT2D eigenvalue weighted by molar-refractivity contribution is 0.586. The zero-order valence-corrected chi connectivity index (χ0v) is 14.8. The Morgan fingerprint density at radius 3 is 2.48 bits per heavy atom. The standard InChI is InChI=1S/C18H26N2S/c1-7-15-16(19-17(21-15)18(3,4)5)13-10-9-11-14(12-13)20(6)8-2/h9-12H,7-8H2,1-6H3. The van der Waals surface area contributed by atoms with Crippen molar-refractivity contribution in [2.75, 3.05) is 18.5 Å². The zero-order chi connectivity index (χ0) is 15.6. The van der Waals surface area contributed by atoms with Gasteiger partial charge in [0.2, 0.25) is 0 Å². The summed E-state index contributed by atoms with van der Waals surface area (Å²) >= 11 is 1.86. The summed E-state index contributed by atoms with van der Waals surface area (Å²) in [4.78, 5) is 8.59. The van der Waals surface area contributed by atoms with E-state index in [9.17, 15) is 0 Å². The molecule has 21 heavy (non-hydrogen) atoms. The van der Waals surface area contributed by atoms with E-state index in [4.69, 9.17) is 4.98 Å². The Labute approximate surface area is 132 Å². The second-order valence-electron chi connectivity index (χ2n) is 6.46. The van der Waals surface area contributed by atoms with E-state index >= 15 is 0 Å². The van der Waals surface area contributed by atoms with E-state index in [1.807, 2.05) is 11.3 Å². The van der Waals surface area contributed by atoms with Crippen LogP contribution in [0.4, 0.5) is 5.69 Å². The SMILES string of the molecule is CCc1sc(C(C)(C)C)nc1-c1cccc(N(C)CC)c1. The van der Waals surface area contributed by atoms with E-state index < -0.39 is 0 Å². The fourth-order valence-corrected chi connectivity index (χ4v) is 3.29. The first-order valence-electron chi connectivity index (χ1n) is 7.68. The van der Waals surface area contributed by atoms with Gasteiger partial charge in [0.05, 0.1) is 10.7 Å². The van der Waals surface area contributed by atoms with Gasteiger partial charge in [-0.25, -0.2) is 4.98 Å². The molecule has 2 aromatic rings. The molecule has 0 aliphatic rings. The molecule has 0 unspecified atom stereocenters. The topological polar surface area (TPSA) is 16.1 Å². The quantitative estimate of drug-likeness (QED) is 0.778. The minimum absolute atomic E-state index is 0.116. The van der Waals surface area contributed by atoms with E-state index in [-0.39, 0.29) is 5.41 Å². The van der Waals surface area contributed by atoms with Crippen molar-refractivity contribution in [2.24, 2.45) is 0 Å². The summed E-state index contributed by atoms with van der Waals surface area (Å²) in [6.07, 6.45) is 1.04. The average molecular weight is 302 g/mol. The molecule has 0 N–H and O–H groups in total. The Morgan fingerprint density at radius 1 is 1.19 bits per heavy atom. The minimum atomic E-state index is 0.116. The molecule has 0 radical (unpaired) electrons. The van der Waals surface area contributed by atoms with Gasteiger partial charge in [-0.2, -0.15) is 0 Å². The van der Waals surface area contributed by atoms with E-state index in [2.05, 4.69) is 70.8 Å². The average Bonchev–Trinajstić information content (AvgIpc) is 2.91. The lowest BCUT2D eigenvalue weighted by Crippen LogP contribution is -2.15. The predicted octanol–water partition coefficient (Wildman–Crippen LogP) is 5.13. The summed E-state index contributed by atoms with van der Waals surface area (Å²) in [7, 11) is 2.13. The van der Waals surface area contributed by atoms with Gasteiger partial charge < -0.3 is 4.90 Å². The molecule has 1 aromatic carbocycles. The van der Waals surface area contributed by atoms with Crippen molar-refractivity contribution in [3.8, 4) is 11.3 Å². The molecule has 2 nitrogen and oxygen atoms in total. The van der Waals surface area contributed by atoms with E-state index in [0.29, 0.717) is 0 Å². The van der Waals surface area contributed by atoms with Crippen molar-refractivity contribution < 1.29 is 0 Å². The summed E-state index contributed by atoms with van der Waals surface area (Å²) in [6.45, 7) is 12.1. The summed E-state index contributed by atoms with van der Waals surface area (Å²) in [6, 6.07) is 8.72. The smallest absolute Gasteiger partial charge is 0.0988 e. The monoisotopic (exact) mass is 302 g/mol. The van der Waals surface area contributed by atoms with Gasteiger partial charge in [-0.05, 0) is 25.5 Å². The molecule has 2 rings (SSSR count). The number of aryl methyl sites for hydroxylation is 1. The molecule has 0 bridgehead atoms. The van der Waals surface area contributed by atoms with Crippen molar-refractivity contribution in [1.29, 1.82) is 0 Å². The van der Waals surface area contributed by atoms with Gasteiger partial charge in [-0.1, -0.05) is 39.8 Å². The molecule has 1 aromatic heterocycles. The van der Waals surface area contributed by atoms with Gasteiger partial charge in [0, 0.05) is 35.1 Å². The third-order valence-corrected chi connectivity index (χ3v) is 5.32. The summed E-state index contributed by atoms with van der Waals surface area (Å²) in [5, 5.41) is 1.23. The first-order valence-corrected chi connectivity index (χ1v) is 8.50. The van der Waals surface area contributed by atoms with Crippen LogP contribution in [0.25, 0.3) is 11.3 Å². The van der Waals surface area contributed by atoms with Crippen molar-refractivity contribution >= 4 is 17.0 Å². The van der Waals surface area contributed by atoms with Crippen molar-refractivity contribution in [3.63, 3.8) is 0 Å². The number of hydrogen-bond donors (Lipinski definition) is 0. The van der Waals surface area contributed by atoms with Crippen LogP contribution >= 0.6 is 11.3 Å². The lowest BCUT2D eigenvalue weighted by atomic mass is 9.98. The third kappa shape index (κ3) is 3.46. The first-order chi connectivity index (χ1) is 9.86. The molecule has 3 heteroatoms. The van der Waals surface area contributed by atoms with E-state index in [1.54, 1.807) is 0 Å². The summed E-state index contributed by atoms with van der Waals surface area (Å²) < 4.78 is 0. The summed E-state index contributed by atoms with van der Waals surface area (Å²) in [5.41, 5.74) is 3.77. The van der Waals surface area contributed by atoms with Crippen LogP contribution in [-0.4, -0.2) is 18.6 Å². The van der Waals surface area contributed by atoms with Crippen molar-refractivity contribution in [1.82, 2.24) is 4.98 Å². The van der Waals surface area contributed by atoms with Gasteiger partial charge in [0.1, 0.15) is 0 Å². The highest BCUT2D eigenvalue weighted by Crippen LogP contribution is 2.35. The number of rotatable bonds is 4. The number of thiazole rings is 1. The Hall–Kier alpha value is -1.35. The van der Waals surface area contributed by atoms with Gasteiger partial charge in [0.25, 0.3) is 0 Å². The van der Waals surface area contributed by atoms with E-state index in [0.717, 1.165) is 13.0 Å². The van der Waals surface area contributed by atoms with E-state index in [1.165, 1.54) is 26.8 Å². The van der Waals surface area contributed by atoms with Crippen LogP contribution < -0.4 is 4.90 Å². The molecule has 0 amide bonds. The van der Waals surface area contributed by atoms with Crippen LogP contribution in [0.5, 0.6) is 0 Å². The highest BCUT2D eigenvalue weighted by Gasteiger charge is 2.21. The Morgan fingerprint density at radius 2 is 1.90 bits per heavy atom. The lowest BCUT2D eigenvalue weighted by Gasteiger charge is -2.17. The zero-order valence-electron chi connectivity index (χ0n) is 14.0. The Bertz CT molecular complexity index is 608. The Balaban J connectivity index is 2.48. The highest BCUT2D eigenvalue weighted by atomic mass is 32.1. The Kier molecular flexibility index (Phi) is 4.72. The number of hydrogen-bond acceptors (Lipinski definition) is 3. The molecular formula is C18H26N2S. The largest absolute Gasteiger partial charge is 0.375 e. The second-order valence-corrected chi connectivity index (χ2v) is 7.54. The van der Waals surface area contributed by atoms with Crippen LogP contribution in [0.2, 0.25) is 0 Å². The van der Waals surface area contributed by atoms with Crippen molar-refractivity contribution in [2.45, 2.75) is 46.5 Å². The van der Waals surface area contributed by atoms with Crippen LogP contribution in [0.3, 0.4) is 0 Å². The van der Waals surface area contributed by atoms with Crippen molar-refractivity contribution in [3.05, 3.63) is 34.2 Å². The van der Waals surface area contributed by atoms with Gasteiger partial charge in [0.15, 0.2) is 0 Å². The molecule has 0 atom stereocenters. The number of nitrogens with zero attached hydrogens (tertiary/aromatic N) is 2. The van der Waals surface area contributed by atoms with Crippen LogP contribution in [0, 0.1) is 0 Å².